The van der Waals surface area contributed by atoms with Gasteiger partial charge in [-0.1, -0.05) is 38.8 Å². The molecule has 0 spiro atoms. The molecule has 0 aliphatic rings. The zero-order valence-corrected chi connectivity index (χ0v) is 12.4. The highest BCUT2D eigenvalue weighted by atomic mass is 79.9. The van der Waals surface area contributed by atoms with E-state index in [1.165, 1.54) is 6.07 Å². The monoisotopic (exact) mass is 351 g/mol. The van der Waals surface area contributed by atoms with E-state index in [0.717, 1.165) is 28.2 Å². The molecule has 0 aromatic heterocycles. The van der Waals surface area contributed by atoms with Crippen molar-refractivity contribution in [3.8, 4) is 0 Å². The van der Waals surface area contributed by atoms with E-state index in [0.29, 0.717) is 12.6 Å². The van der Waals surface area contributed by atoms with Crippen LogP contribution in [-0.4, -0.2) is 11.4 Å². The summed E-state index contributed by atoms with van der Waals surface area (Å²) in [6.07, 6.45) is 2.18. The van der Waals surface area contributed by atoms with Crippen molar-refractivity contribution >= 4 is 31.9 Å². The van der Waals surface area contributed by atoms with Crippen molar-refractivity contribution in [1.82, 2.24) is 5.32 Å². The minimum absolute atomic E-state index is 0.195. The predicted molar refractivity (Wildman–Crippen MR) is 73.4 cm³/mol. The first-order valence-electron chi connectivity index (χ1n) is 5.40. The van der Waals surface area contributed by atoms with Gasteiger partial charge in [0.2, 0.25) is 0 Å². The fourth-order valence-electron chi connectivity index (χ4n) is 1.56. The molecule has 0 aliphatic heterocycles. The van der Waals surface area contributed by atoms with Crippen LogP contribution in [0.4, 0.5) is 4.39 Å². The standard InChI is InChI=1S/C12H16Br2FN/c1-2-12(3-4-13)16-8-9-5-10(14)7-11(15)6-9/h5-7,12,16H,2-4,8H2,1H3. The summed E-state index contributed by atoms with van der Waals surface area (Å²) < 4.78 is 13.9. The van der Waals surface area contributed by atoms with Gasteiger partial charge in [0.25, 0.3) is 0 Å². The molecule has 1 aromatic carbocycles. The SMILES string of the molecule is CCC(CCBr)NCc1cc(F)cc(Br)c1. The van der Waals surface area contributed by atoms with Crippen molar-refractivity contribution in [3.05, 3.63) is 34.1 Å². The first kappa shape index (κ1) is 14.1. The van der Waals surface area contributed by atoms with Crippen LogP contribution in [0.3, 0.4) is 0 Å². The predicted octanol–water partition coefficient (Wildman–Crippen LogP) is 4.24. The second-order valence-electron chi connectivity index (χ2n) is 3.74. The van der Waals surface area contributed by atoms with Crippen LogP contribution >= 0.6 is 31.9 Å². The average molecular weight is 353 g/mol. The summed E-state index contributed by atoms with van der Waals surface area (Å²) in [5, 5.41) is 4.41. The summed E-state index contributed by atoms with van der Waals surface area (Å²) in [6, 6.07) is 5.47. The van der Waals surface area contributed by atoms with E-state index in [1.54, 1.807) is 6.07 Å². The number of benzene rings is 1. The van der Waals surface area contributed by atoms with Crippen LogP contribution in [0.1, 0.15) is 25.3 Å². The van der Waals surface area contributed by atoms with Gasteiger partial charge in [-0.2, -0.15) is 0 Å². The van der Waals surface area contributed by atoms with Gasteiger partial charge in [0.15, 0.2) is 0 Å². The molecular formula is C12H16Br2FN. The van der Waals surface area contributed by atoms with Gasteiger partial charge in [-0.25, -0.2) is 4.39 Å². The molecule has 0 saturated heterocycles. The number of halogens is 3. The van der Waals surface area contributed by atoms with E-state index in [2.05, 4.69) is 44.1 Å². The molecule has 1 atom stereocenters. The van der Waals surface area contributed by atoms with Crippen molar-refractivity contribution in [2.45, 2.75) is 32.4 Å². The molecule has 1 N–H and O–H groups in total. The molecule has 0 amide bonds. The van der Waals surface area contributed by atoms with E-state index in [9.17, 15) is 4.39 Å². The lowest BCUT2D eigenvalue weighted by Gasteiger charge is -2.15. The third-order valence-corrected chi connectivity index (χ3v) is 3.38. The number of nitrogens with one attached hydrogen (secondary N) is 1. The fraction of sp³-hybridized carbons (Fsp3) is 0.500. The van der Waals surface area contributed by atoms with E-state index < -0.39 is 0 Å². The van der Waals surface area contributed by atoms with E-state index in [1.807, 2.05) is 6.07 Å². The molecule has 0 fully saturated rings. The third kappa shape index (κ3) is 4.93. The Kier molecular flexibility index (Phi) is 6.54. The molecule has 1 unspecified atom stereocenters. The smallest absolute Gasteiger partial charge is 0.124 e. The quantitative estimate of drug-likeness (QED) is 0.755. The summed E-state index contributed by atoms with van der Waals surface area (Å²) >= 11 is 6.73. The summed E-state index contributed by atoms with van der Waals surface area (Å²) in [5.41, 5.74) is 0.972. The minimum atomic E-state index is -0.195. The number of hydrogen-bond donors (Lipinski definition) is 1. The molecule has 16 heavy (non-hydrogen) atoms. The fourth-order valence-corrected chi connectivity index (χ4v) is 2.62. The van der Waals surface area contributed by atoms with Crippen molar-refractivity contribution in [2.24, 2.45) is 0 Å². The van der Waals surface area contributed by atoms with Crippen LogP contribution in [0.5, 0.6) is 0 Å². The highest BCUT2D eigenvalue weighted by Crippen LogP contribution is 2.15. The Morgan fingerprint density at radius 3 is 2.69 bits per heavy atom. The maximum atomic E-state index is 13.1. The molecule has 4 heteroatoms. The molecule has 1 rings (SSSR count). The Hall–Kier alpha value is 0.0700. The summed E-state index contributed by atoms with van der Waals surface area (Å²) in [7, 11) is 0. The average Bonchev–Trinajstić information content (AvgIpc) is 2.23. The minimum Gasteiger partial charge on any atom is -0.310 e. The van der Waals surface area contributed by atoms with E-state index >= 15 is 0 Å². The Morgan fingerprint density at radius 1 is 1.38 bits per heavy atom. The third-order valence-electron chi connectivity index (χ3n) is 2.47. The molecule has 90 valence electrons. The normalized spacial score (nSPS) is 12.8. The molecular weight excluding hydrogens is 337 g/mol. The Labute approximate surface area is 113 Å². The van der Waals surface area contributed by atoms with Crippen molar-refractivity contribution in [3.63, 3.8) is 0 Å². The summed E-state index contributed by atoms with van der Waals surface area (Å²) in [4.78, 5) is 0. The Bertz CT molecular complexity index is 311. The zero-order chi connectivity index (χ0) is 12.0. The topological polar surface area (TPSA) is 12.0 Å². The molecule has 0 bridgehead atoms. The van der Waals surface area contributed by atoms with Gasteiger partial charge in [-0.15, -0.1) is 0 Å². The Morgan fingerprint density at radius 2 is 2.12 bits per heavy atom. The van der Waals surface area contributed by atoms with Crippen LogP contribution in [-0.2, 0) is 6.54 Å². The van der Waals surface area contributed by atoms with E-state index in [4.69, 9.17) is 0 Å². The highest BCUT2D eigenvalue weighted by Gasteiger charge is 2.05. The second-order valence-corrected chi connectivity index (χ2v) is 5.45. The number of hydrogen-bond acceptors (Lipinski definition) is 1. The van der Waals surface area contributed by atoms with Crippen LogP contribution in [0.25, 0.3) is 0 Å². The highest BCUT2D eigenvalue weighted by molar-refractivity contribution is 9.10. The van der Waals surface area contributed by atoms with Gasteiger partial charge in [0.1, 0.15) is 5.82 Å². The molecule has 0 aliphatic carbocycles. The van der Waals surface area contributed by atoms with Crippen LogP contribution in [0.15, 0.2) is 22.7 Å². The maximum absolute atomic E-state index is 13.1. The zero-order valence-electron chi connectivity index (χ0n) is 9.27. The summed E-state index contributed by atoms with van der Waals surface area (Å²) in [6.45, 7) is 2.86. The first-order chi connectivity index (χ1) is 7.65. The molecule has 0 radical (unpaired) electrons. The van der Waals surface area contributed by atoms with Crippen molar-refractivity contribution < 1.29 is 4.39 Å². The van der Waals surface area contributed by atoms with Crippen LogP contribution in [0.2, 0.25) is 0 Å². The van der Waals surface area contributed by atoms with Gasteiger partial charge in [-0.3, -0.25) is 0 Å². The summed E-state index contributed by atoms with van der Waals surface area (Å²) in [5.74, 6) is -0.195. The lowest BCUT2D eigenvalue weighted by Crippen LogP contribution is -2.28. The van der Waals surface area contributed by atoms with Crippen molar-refractivity contribution in [2.75, 3.05) is 5.33 Å². The number of alkyl halides is 1. The van der Waals surface area contributed by atoms with Crippen molar-refractivity contribution in [1.29, 1.82) is 0 Å². The lowest BCUT2D eigenvalue weighted by molar-refractivity contribution is 0.487. The largest absolute Gasteiger partial charge is 0.310 e. The molecule has 0 saturated carbocycles. The van der Waals surface area contributed by atoms with Crippen LogP contribution in [0, 0.1) is 5.82 Å². The molecule has 0 heterocycles. The van der Waals surface area contributed by atoms with Gasteiger partial charge in [-0.05, 0) is 36.6 Å². The first-order valence-corrected chi connectivity index (χ1v) is 7.31. The lowest BCUT2D eigenvalue weighted by atomic mass is 10.1. The van der Waals surface area contributed by atoms with Gasteiger partial charge in [0, 0.05) is 22.4 Å². The van der Waals surface area contributed by atoms with Crippen LogP contribution < -0.4 is 5.32 Å². The van der Waals surface area contributed by atoms with Gasteiger partial charge < -0.3 is 5.32 Å². The molecule has 1 aromatic rings. The number of rotatable bonds is 6. The Balaban J connectivity index is 2.52. The maximum Gasteiger partial charge on any atom is 0.124 e. The van der Waals surface area contributed by atoms with Gasteiger partial charge in [0.05, 0.1) is 0 Å². The second kappa shape index (κ2) is 7.41. The molecule has 1 nitrogen and oxygen atoms in total. The van der Waals surface area contributed by atoms with Gasteiger partial charge >= 0.3 is 0 Å². The van der Waals surface area contributed by atoms with E-state index in [-0.39, 0.29) is 5.82 Å².